The fraction of sp³-hybridized carbons (Fsp3) is 0.429. The quantitative estimate of drug-likeness (QED) is 0.910. The second kappa shape index (κ2) is 6.37. The smallest absolute Gasteiger partial charge is 0.138 e. The van der Waals surface area contributed by atoms with Gasteiger partial charge in [-0.1, -0.05) is 15.9 Å². The van der Waals surface area contributed by atoms with Crippen LogP contribution in [0, 0.1) is 0 Å². The fourth-order valence-corrected chi connectivity index (χ4v) is 2.63. The maximum absolute atomic E-state index is 6.31. The van der Waals surface area contributed by atoms with Gasteiger partial charge in [0.1, 0.15) is 17.9 Å². The first-order valence-electron chi connectivity index (χ1n) is 6.50. The van der Waals surface area contributed by atoms with Gasteiger partial charge in [-0.25, -0.2) is 9.67 Å². The number of halogens is 1. The Kier molecular flexibility index (Phi) is 4.77. The third kappa shape index (κ3) is 3.19. The van der Waals surface area contributed by atoms with Gasteiger partial charge < -0.3 is 10.5 Å². The molecule has 20 heavy (non-hydrogen) atoms. The number of nitrogens with two attached hydrogens (primary N) is 1. The predicted octanol–water partition coefficient (Wildman–Crippen LogP) is 2.87. The number of benzene rings is 1. The number of rotatable bonds is 5. The summed E-state index contributed by atoms with van der Waals surface area (Å²) in [7, 11) is 1.65. The van der Waals surface area contributed by atoms with Crippen molar-refractivity contribution in [2.45, 2.75) is 32.4 Å². The van der Waals surface area contributed by atoms with Crippen LogP contribution in [-0.2, 0) is 6.42 Å². The molecule has 2 N–H and O–H groups in total. The maximum Gasteiger partial charge on any atom is 0.138 e. The summed E-state index contributed by atoms with van der Waals surface area (Å²) in [6.45, 7) is 4.15. The molecule has 1 aromatic carbocycles. The molecular formula is C14H19BrN4O. The molecule has 0 aliphatic carbocycles. The minimum atomic E-state index is -0.166. The van der Waals surface area contributed by atoms with Gasteiger partial charge in [0.2, 0.25) is 0 Å². The lowest BCUT2D eigenvalue weighted by Gasteiger charge is -2.16. The van der Waals surface area contributed by atoms with E-state index in [0.717, 1.165) is 21.6 Å². The molecule has 6 heteroatoms. The summed E-state index contributed by atoms with van der Waals surface area (Å²) in [6, 6.07) is 5.90. The number of nitrogens with zero attached hydrogens (tertiary/aromatic N) is 3. The molecule has 0 radical (unpaired) electrons. The molecule has 0 amide bonds. The number of methoxy groups -OCH3 is 1. The normalized spacial score (nSPS) is 12.7. The van der Waals surface area contributed by atoms with E-state index >= 15 is 0 Å². The molecule has 1 atom stereocenters. The summed E-state index contributed by atoms with van der Waals surface area (Å²) in [6.07, 6.45) is 2.20. The van der Waals surface area contributed by atoms with Crippen molar-refractivity contribution in [3.63, 3.8) is 0 Å². The summed E-state index contributed by atoms with van der Waals surface area (Å²) in [5.74, 6) is 1.69. The molecule has 5 nitrogen and oxygen atoms in total. The van der Waals surface area contributed by atoms with E-state index < -0.39 is 0 Å². The van der Waals surface area contributed by atoms with Crippen LogP contribution in [0.25, 0.3) is 0 Å². The molecule has 0 bridgehead atoms. The van der Waals surface area contributed by atoms with Gasteiger partial charge in [0, 0.05) is 23.0 Å². The van der Waals surface area contributed by atoms with Gasteiger partial charge in [0.05, 0.1) is 7.11 Å². The number of hydrogen-bond acceptors (Lipinski definition) is 4. The Morgan fingerprint density at radius 3 is 2.80 bits per heavy atom. The highest BCUT2D eigenvalue weighted by atomic mass is 79.9. The van der Waals surface area contributed by atoms with Crippen LogP contribution in [0.3, 0.4) is 0 Å². The van der Waals surface area contributed by atoms with E-state index in [1.807, 2.05) is 22.9 Å². The van der Waals surface area contributed by atoms with E-state index in [2.05, 4.69) is 39.9 Å². The maximum atomic E-state index is 6.31. The lowest BCUT2D eigenvalue weighted by molar-refractivity contribution is 0.413. The van der Waals surface area contributed by atoms with Gasteiger partial charge in [-0.05, 0) is 37.6 Å². The largest absolute Gasteiger partial charge is 0.497 e. The molecule has 1 aromatic heterocycles. The number of ether oxygens (including phenoxy) is 1. The average Bonchev–Trinajstić information content (AvgIpc) is 2.87. The zero-order valence-electron chi connectivity index (χ0n) is 11.9. The van der Waals surface area contributed by atoms with Gasteiger partial charge >= 0.3 is 0 Å². The molecule has 0 saturated carbocycles. The second-order valence-corrected chi connectivity index (χ2v) is 5.77. The van der Waals surface area contributed by atoms with Crippen molar-refractivity contribution in [3.8, 4) is 5.75 Å². The molecular weight excluding hydrogens is 320 g/mol. The second-order valence-electron chi connectivity index (χ2n) is 4.91. The first kappa shape index (κ1) is 15.0. The van der Waals surface area contributed by atoms with Crippen LogP contribution < -0.4 is 10.5 Å². The predicted molar refractivity (Wildman–Crippen MR) is 81.7 cm³/mol. The average molecular weight is 339 g/mol. The Morgan fingerprint density at radius 1 is 1.40 bits per heavy atom. The van der Waals surface area contributed by atoms with Gasteiger partial charge in [-0.3, -0.25) is 0 Å². The number of hydrogen-bond donors (Lipinski definition) is 1. The first-order valence-corrected chi connectivity index (χ1v) is 7.29. The molecule has 2 aromatic rings. The first-order chi connectivity index (χ1) is 9.52. The molecule has 0 aliphatic rings. The van der Waals surface area contributed by atoms with Crippen LogP contribution in [0.4, 0.5) is 0 Å². The molecule has 1 heterocycles. The zero-order valence-corrected chi connectivity index (χ0v) is 13.5. The van der Waals surface area contributed by atoms with E-state index in [1.165, 1.54) is 0 Å². The SMILES string of the molecule is COc1ccc(Br)c(C(N)Cc2ncnn2C(C)C)c1. The van der Waals surface area contributed by atoms with E-state index in [-0.39, 0.29) is 12.1 Å². The van der Waals surface area contributed by atoms with Gasteiger partial charge in [0.15, 0.2) is 0 Å². The van der Waals surface area contributed by atoms with E-state index in [9.17, 15) is 0 Å². The molecule has 108 valence electrons. The summed E-state index contributed by atoms with van der Waals surface area (Å²) < 4.78 is 8.12. The Balaban J connectivity index is 2.23. The van der Waals surface area contributed by atoms with Crippen molar-refractivity contribution < 1.29 is 4.74 Å². The van der Waals surface area contributed by atoms with Crippen LogP contribution in [-0.4, -0.2) is 21.9 Å². The van der Waals surface area contributed by atoms with Crippen molar-refractivity contribution in [1.29, 1.82) is 0 Å². The van der Waals surface area contributed by atoms with Gasteiger partial charge in [-0.2, -0.15) is 5.10 Å². The molecule has 0 fully saturated rings. The van der Waals surface area contributed by atoms with E-state index in [1.54, 1.807) is 13.4 Å². The molecule has 2 rings (SSSR count). The third-order valence-corrected chi connectivity index (χ3v) is 3.86. The van der Waals surface area contributed by atoms with Crippen LogP contribution in [0.15, 0.2) is 29.0 Å². The summed E-state index contributed by atoms with van der Waals surface area (Å²) in [5.41, 5.74) is 7.32. The van der Waals surface area contributed by atoms with E-state index in [0.29, 0.717) is 6.42 Å². The fourth-order valence-electron chi connectivity index (χ4n) is 2.09. The molecule has 0 spiro atoms. The highest BCUT2D eigenvalue weighted by Crippen LogP contribution is 2.28. The highest BCUT2D eigenvalue weighted by Gasteiger charge is 2.16. The van der Waals surface area contributed by atoms with Gasteiger partial charge in [-0.15, -0.1) is 0 Å². The van der Waals surface area contributed by atoms with Crippen molar-refractivity contribution in [2.75, 3.05) is 7.11 Å². The third-order valence-electron chi connectivity index (χ3n) is 3.14. The van der Waals surface area contributed by atoms with Crippen molar-refractivity contribution >= 4 is 15.9 Å². The Hall–Kier alpha value is -1.40. The summed E-state index contributed by atoms with van der Waals surface area (Å²) in [5, 5.41) is 4.23. The minimum Gasteiger partial charge on any atom is -0.497 e. The van der Waals surface area contributed by atoms with Gasteiger partial charge in [0.25, 0.3) is 0 Å². The lowest BCUT2D eigenvalue weighted by atomic mass is 10.0. The number of aromatic nitrogens is 3. The lowest BCUT2D eigenvalue weighted by Crippen LogP contribution is -2.18. The minimum absolute atomic E-state index is 0.166. The molecule has 0 aliphatic heterocycles. The van der Waals surface area contributed by atoms with Crippen LogP contribution in [0.1, 0.15) is 37.3 Å². The van der Waals surface area contributed by atoms with Crippen LogP contribution >= 0.6 is 15.9 Å². The summed E-state index contributed by atoms with van der Waals surface area (Å²) in [4.78, 5) is 4.30. The monoisotopic (exact) mass is 338 g/mol. The molecule has 0 saturated heterocycles. The topological polar surface area (TPSA) is 66.0 Å². The zero-order chi connectivity index (χ0) is 14.7. The highest BCUT2D eigenvalue weighted by molar-refractivity contribution is 9.10. The summed E-state index contributed by atoms with van der Waals surface area (Å²) >= 11 is 3.53. The van der Waals surface area contributed by atoms with Crippen molar-refractivity contribution in [2.24, 2.45) is 5.73 Å². The Bertz CT molecular complexity index is 582. The Labute approximate surface area is 127 Å². The standard InChI is InChI=1S/C14H19BrN4O/c1-9(2)19-14(17-8-18-19)7-13(16)11-6-10(20-3)4-5-12(11)15/h4-6,8-9,13H,7,16H2,1-3H3. The van der Waals surface area contributed by atoms with Crippen LogP contribution in [0.2, 0.25) is 0 Å². The van der Waals surface area contributed by atoms with Crippen molar-refractivity contribution in [3.05, 3.63) is 40.4 Å². The van der Waals surface area contributed by atoms with E-state index in [4.69, 9.17) is 10.5 Å². The molecule has 1 unspecified atom stereocenters. The Morgan fingerprint density at radius 2 is 2.15 bits per heavy atom. The van der Waals surface area contributed by atoms with Crippen LogP contribution in [0.5, 0.6) is 5.75 Å². The van der Waals surface area contributed by atoms with Crippen molar-refractivity contribution in [1.82, 2.24) is 14.8 Å².